The number of likely N-dealkylation sites (tertiary alicyclic amines) is 1. The maximum absolute atomic E-state index is 13.0. The van der Waals surface area contributed by atoms with Crippen LogP contribution >= 0.6 is 0 Å². The molecule has 1 aromatic heterocycles. The molecule has 1 fully saturated rings. The molecule has 1 saturated heterocycles. The fourth-order valence-corrected chi connectivity index (χ4v) is 4.74. The number of carbonyl (C=O) groups excluding carboxylic acids is 1. The van der Waals surface area contributed by atoms with E-state index in [4.69, 9.17) is 4.74 Å². The number of rotatable bonds is 6. The van der Waals surface area contributed by atoms with Crippen LogP contribution in [0.5, 0.6) is 5.75 Å². The van der Waals surface area contributed by atoms with Crippen molar-refractivity contribution in [1.82, 2.24) is 14.4 Å². The number of methoxy groups -OCH3 is 1. The van der Waals surface area contributed by atoms with Crippen molar-refractivity contribution in [3.63, 3.8) is 0 Å². The molecule has 0 radical (unpaired) electrons. The van der Waals surface area contributed by atoms with Crippen molar-refractivity contribution >= 4 is 11.6 Å². The number of anilines is 1. The van der Waals surface area contributed by atoms with Crippen molar-refractivity contribution in [2.75, 3.05) is 46.2 Å². The highest BCUT2D eigenvalue weighted by Crippen LogP contribution is 2.36. The molecule has 4 rings (SSSR count). The van der Waals surface area contributed by atoms with E-state index in [1.54, 1.807) is 18.1 Å². The number of fused-ring (bicyclic) bond motifs is 4. The average Bonchev–Trinajstić information content (AvgIpc) is 2.70. The molecule has 2 bridgehead atoms. The molecule has 3 heterocycles. The second kappa shape index (κ2) is 8.62. The van der Waals surface area contributed by atoms with Crippen molar-refractivity contribution in [2.24, 2.45) is 5.92 Å². The van der Waals surface area contributed by atoms with Gasteiger partial charge in [-0.05, 0) is 56.3 Å². The lowest BCUT2D eigenvalue weighted by Crippen LogP contribution is -2.47. The van der Waals surface area contributed by atoms with E-state index in [1.165, 1.54) is 5.56 Å². The number of pyridine rings is 1. The van der Waals surface area contributed by atoms with Crippen LogP contribution in [0, 0.1) is 5.92 Å². The fourth-order valence-electron chi connectivity index (χ4n) is 4.74. The molecule has 7 heteroatoms. The van der Waals surface area contributed by atoms with Gasteiger partial charge in [0, 0.05) is 37.8 Å². The van der Waals surface area contributed by atoms with Crippen LogP contribution in [0.4, 0.5) is 5.69 Å². The van der Waals surface area contributed by atoms with Gasteiger partial charge in [-0.2, -0.15) is 0 Å². The number of carbonyl (C=O) groups is 1. The summed E-state index contributed by atoms with van der Waals surface area (Å²) in [5.74, 6) is 1.49. The van der Waals surface area contributed by atoms with Gasteiger partial charge in [0.2, 0.25) is 5.91 Å². The Morgan fingerprint density at radius 1 is 1.13 bits per heavy atom. The van der Waals surface area contributed by atoms with E-state index < -0.39 is 0 Å². The number of nitrogens with zero attached hydrogens (tertiary/aromatic N) is 3. The minimum Gasteiger partial charge on any atom is -0.497 e. The SMILES string of the molecule is COc1ccc(CN2C[C@H]3C[C@H](C2)c2ccc(NC(=O)CN(C)C)c(=O)n2C3)cc1. The summed E-state index contributed by atoms with van der Waals surface area (Å²) in [4.78, 5) is 29.4. The normalized spacial score (nSPS) is 20.7. The summed E-state index contributed by atoms with van der Waals surface area (Å²) in [5, 5.41) is 2.77. The lowest BCUT2D eigenvalue weighted by Gasteiger charge is -2.43. The summed E-state index contributed by atoms with van der Waals surface area (Å²) in [6, 6.07) is 12.0. The first-order valence-electron chi connectivity index (χ1n) is 10.5. The monoisotopic (exact) mass is 410 g/mol. The molecular formula is C23H30N4O3. The second-order valence-corrected chi connectivity index (χ2v) is 8.71. The Morgan fingerprint density at radius 3 is 2.60 bits per heavy atom. The minimum absolute atomic E-state index is 0.0853. The van der Waals surface area contributed by atoms with E-state index in [1.807, 2.05) is 36.9 Å². The Bertz CT molecular complexity index is 967. The topological polar surface area (TPSA) is 66.8 Å². The molecule has 0 aliphatic carbocycles. The first-order chi connectivity index (χ1) is 14.4. The van der Waals surface area contributed by atoms with Crippen molar-refractivity contribution in [2.45, 2.75) is 25.4 Å². The third kappa shape index (κ3) is 4.42. The molecule has 7 nitrogen and oxygen atoms in total. The van der Waals surface area contributed by atoms with Crippen LogP contribution in [-0.4, -0.2) is 61.1 Å². The largest absolute Gasteiger partial charge is 0.497 e. The molecule has 0 spiro atoms. The van der Waals surface area contributed by atoms with Gasteiger partial charge < -0.3 is 19.5 Å². The summed E-state index contributed by atoms with van der Waals surface area (Å²) in [5.41, 5.74) is 2.65. The Morgan fingerprint density at radius 2 is 1.90 bits per heavy atom. The number of aromatic nitrogens is 1. The molecule has 1 aromatic carbocycles. The Hall–Kier alpha value is -2.64. The number of nitrogens with one attached hydrogen (secondary N) is 1. The van der Waals surface area contributed by atoms with E-state index >= 15 is 0 Å². The van der Waals surface area contributed by atoms with Crippen molar-refractivity contribution in [1.29, 1.82) is 0 Å². The highest BCUT2D eigenvalue weighted by molar-refractivity contribution is 5.92. The number of ether oxygens (including phenoxy) is 1. The molecule has 2 atom stereocenters. The molecular weight excluding hydrogens is 380 g/mol. The number of hydrogen-bond donors (Lipinski definition) is 1. The number of amides is 1. The van der Waals surface area contributed by atoms with Gasteiger partial charge >= 0.3 is 0 Å². The van der Waals surface area contributed by atoms with Gasteiger partial charge in [-0.25, -0.2) is 0 Å². The molecule has 30 heavy (non-hydrogen) atoms. The minimum atomic E-state index is -0.167. The van der Waals surface area contributed by atoms with E-state index in [-0.39, 0.29) is 18.0 Å². The molecule has 160 valence electrons. The standard InChI is InChI=1S/C23H30N4O3/c1-25(2)15-22(28)24-20-8-9-21-18-10-17(13-27(21)23(20)29)12-26(14-18)11-16-4-6-19(30-3)7-5-16/h4-9,17-18H,10-15H2,1-3H3,(H,24,28)/t17-,18-/m1/s1. The Kier molecular flexibility index (Phi) is 5.92. The number of hydrogen-bond acceptors (Lipinski definition) is 5. The van der Waals surface area contributed by atoms with E-state index in [2.05, 4.69) is 22.3 Å². The summed E-state index contributed by atoms with van der Waals surface area (Å²) >= 11 is 0. The van der Waals surface area contributed by atoms with Crippen molar-refractivity contribution < 1.29 is 9.53 Å². The zero-order valence-electron chi connectivity index (χ0n) is 17.9. The maximum Gasteiger partial charge on any atom is 0.274 e. The van der Waals surface area contributed by atoms with Crippen LogP contribution in [0.25, 0.3) is 0 Å². The van der Waals surface area contributed by atoms with Crippen molar-refractivity contribution in [3.8, 4) is 5.75 Å². The van der Waals surface area contributed by atoms with Crippen LogP contribution in [0.2, 0.25) is 0 Å². The van der Waals surface area contributed by atoms with Gasteiger partial charge in [0.25, 0.3) is 5.56 Å². The predicted molar refractivity (Wildman–Crippen MR) is 117 cm³/mol. The third-order valence-corrected chi connectivity index (χ3v) is 5.98. The molecule has 2 aliphatic heterocycles. The zero-order valence-corrected chi connectivity index (χ0v) is 17.9. The van der Waals surface area contributed by atoms with E-state index in [0.717, 1.165) is 37.5 Å². The molecule has 1 N–H and O–H groups in total. The van der Waals surface area contributed by atoms with Crippen LogP contribution in [0.3, 0.4) is 0 Å². The van der Waals surface area contributed by atoms with Crippen LogP contribution < -0.4 is 15.6 Å². The van der Waals surface area contributed by atoms with E-state index in [9.17, 15) is 9.59 Å². The van der Waals surface area contributed by atoms with Gasteiger partial charge in [0.05, 0.1) is 13.7 Å². The molecule has 2 aromatic rings. The highest BCUT2D eigenvalue weighted by atomic mass is 16.5. The average molecular weight is 411 g/mol. The number of piperidine rings is 1. The summed E-state index contributed by atoms with van der Waals surface area (Å²) < 4.78 is 7.13. The Balaban J connectivity index is 1.48. The van der Waals surface area contributed by atoms with Gasteiger partial charge in [-0.1, -0.05) is 12.1 Å². The summed E-state index contributed by atoms with van der Waals surface area (Å²) in [7, 11) is 5.34. The fraction of sp³-hybridized carbons (Fsp3) is 0.478. The molecule has 1 amide bonds. The highest BCUT2D eigenvalue weighted by Gasteiger charge is 2.35. The Labute approximate surface area is 177 Å². The smallest absolute Gasteiger partial charge is 0.274 e. The predicted octanol–water partition coefficient (Wildman–Crippen LogP) is 1.98. The lowest BCUT2D eigenvalue weighted by atomic mass is 9.83. The molecule has 0 saturated carbocycles. The second-order valence-electron chi connectivity index (χ2n) is 8.71. The van der Waals surface area contributed by atoms with Gasteiger partial charge in [-0.15, -0.1) is 0 Å². The maximum atomic E-state index is 13.0. The van der Waals surface area contributed by atoms with Crippen LogP contribution in [0.1, 0.15) is 23.6 Å². The molecule has 2 aliphatic rings. The first kappa shape index (κ1) is 20.6. The number of likely N-dealkylation sites (N-methyl/N-ethyl adjacent to an activating group) is 1. The molecule has 0 unspecified atom stereocenters. The summed E-state index contributed by atoms with van der Waals surface area (Å²) in [6.07, 6.45) is 1.12. The lowest BCUT2D eigenvalue weighted by molar-refractivity contribution is -0.116. The zero-order chi connectivity index (χ0) is 21.3. The summed E-state index contributed by atoms with van der Waals surface area (Å²) in [6.45, 7) is 3.79. The number of benzene rings is 1. The first-order valence-corrected chi connectivity index (χ1v) is 10.5. The quantitative estimate of drug-likeness (QED) is 0.789. The third-order valence-electron chi connectivity index (χ3n) is 5.98. The van der Waals surface area contributed by atoms with Gasteiger partial charge in [-0.3, -0.25) is 14.5 Å². The van der Waals surface area contributed by atoms with Crippen LogP contribution in [-0.2, 0) is 17.9 Å². The van der Waals surface area contributed by atoms with Gasteiger partial charge in [0.1, 0.15) is 11.4 Å². The van der Waals surface area contributed by atoms with Crippen molar-refractivity contribution in [3.05, 3.63) is 58.0 Å². The van der Waals surface area contributed by atoms with E-state index in [0.29, 0.717) is 24.1 Å². The van der Waals surface area contributed by atoms with Gasteiger partial charge in [0.15, 0.2) is 0 Å². The van der Waals surface area contributed by atoms with Crippen LogP contribution in [0.15, 0.2) is 41.2 Å².